The molecule has 3 heteroatoms. The Labute approximate surface area is 91.8 Å². The van der Waals surface area contributed by atoms with Crippen LogP contribution >= 0.6 is 0 Å². The standard InChI is InChI=1S/C12H22O3/c1-2-15-9-11-5-3-10(4-6-11)7-12(14)8-13/h2,10-14H,1,3-9H2. The van der Waals surface area contributed by atoms with E-state index in [-0.39, 0.29) is 6.61 Å². The third-order valence-electron chi connectivity index (χ3n) is 3.23. The average Bonchev–Trinajstić information content (AvgIpc) is 2.28. The van der Waals surface area contributed by atoms with Crippen molar-refractivity contribution in [3.63, 3.8) is 0 Å². The largest absolute Gasteiger partial charge is 0.502 e. The van der Waals surface area contributed by atoms with Crippen molar-refractivity contribution < 1.29 is 14.9 Å². The molecule has 0 bridgehead atoms. The van der Waals surface area contributed by atoms with E-state index in [1.165, 1.54) is 6.26 Å². The second kappa shape index (κ2) is 6.85. The molecule has 0 radical (unpaired) electrons. The molecule has 0 saturated heterocycles. The number of hydrogen-bond donors (Lipinski definition) is 2. The Kier molecular flexibility index (Phi) is 5.73. The van der Waals surface area contributed by atoms with Gasteiger partial charge in [-0.3, -0.25) is 0 Å². The van der Waals surface area contributed by atoms with Gasteiger partial charge >= 0.3 is 0 Å². The van der Waals surface area contributed by atoms with E-state index in [4.69, 9.17) is 9.84 Å². The quantitative estimate of drug-likeness (QED) is 0.662. The molecule has 1 aliphatic rings. The molecule has 1 rings (SSSR count). The van der Waals surface area contributed by atoms with Gasteiger partial charge in [-0.05, 0) is 43.9 Å². The second-order valence-electron chi connectivity index (χ2n) is 4.46. The van der Waals surface area contributed by atoms with Crippen LogP contribution in [0.4, 0.5) is 0 Å². The summed E-state index contributed by atoms with van der Waals surface area (Å²) < 4.78 is 5.18. The molecule has 0 aromatic rings. The molecule has 1 aliphatic carbocycles. The molecule has 0 amide bonds. The maximum Gasteiger partial charge on any atom is 0.0901 e. The minimum atomic E-state index is -0.532. The normalized spacial score (nSPS) is 28.4. The summed E-state index contributed by atoms with van der Waals surface area (Å²) in [7, 11) is 0. The van der Waals surface area contributed by atoms with Gasteiger partial charge in [-0.1, -0.05) is 6.58 Å². The Morgan fingerprint density at radius 3 is 2.40 bits per heavy atom. The maximum atomic E-state index is 9.33. The first-order chi connectivity index (χ1) is 7.26. The molecule has 0 aromatic heterocycles. The Bertz CT molecular complexity index is 174. The van der Waals surface area contributed by atoms with Gasteiger partial charge < -0.3 is 14.9 Å². The molecule has 88 valence electrons. The molecule has 0 spiro atoms. The van der Waals surface area contributed by atoms with Crippen molar-refractivity contribution in [3.05, 3.63) is 12.8 Å². The van der Waals surface area contributed by atoms with Gasteiger partial charge in [0.05, 0.1) is 25.6 Å². The van der Waals surface area contributed by atoms with E-state index in [1.54, 1.807) is 0 Å². The number of ether oxygens (including phenoxy) is 1. The number of hydrogen-bond acceptors (Lipinski definition) is 3. The van der Waals surface area contributed by atoms with Gasteiger partial charge in [-0.25, -0.2) is 0 Å². The summed E-state index contributed by atoms with van der Waals surface area (Å²) in [6.07, 6.45) is 6.32. The molecule has 1 atom stereocenters. The van der Waals surface area contributed by atoms with Crippen molar-refractivity contribution in [2.24, 2.45) is 11.8 Å². The Morgan fingerprint density at radius 2 is 1.87 bits per heavy atom. The summed E-state index contributed by atoms with van der Waals surface area (Å²) in [5.41, 5.74) is 0. The molecule has 0 aromatic carbocycles. The van der Waals surface area contributed by atoms with Crippen molar-refractivity contribution in [1.29, 1.82) is 0 Å². The lowest BCUT2D eigenvalue weighted by Crippen LogP contribution is -2.23. The molecular weight excluding hydrogens is 192 g/mol. The highest BCUT2D eigenvalue weighted by Crippen LogP contribution is 2.31. The van der Waals surface area contributed by atoms with Crippen LogP contribution in [-0.2, 0) is 4.74 Å². The topological polar surface area (TPSA) is 49.7 Å². The van der Waals surface area contributed by atoms with Gasteiger partial charge in [0.1, 0.15) is 0 Å². The van der Waals surface area contributed by atoms with Crippen LogP contribution in [-0.4, -0.2) is 29.5 Å². The first-order valence-electron chi connectivity index (χ1n) is 5.77. The fraction of sp³-hybridized carbons (Fsp3) is 0.833. The van der Waals surface area contributed by atoms with Crippen molar-refractivity contribution >= 4 is 0 Å². The minimum Gasteiger partial charge on any atom is -0.502 e. The molecule has 0 aliphatic heterocycles. The first-order valence-corrected chi connectivity index (χ1v) is 5.77. The van der Waals surface area contributed by atoms with Gasteiger partial charge in [-0.2, -0.15) is 0 Å². The van der Waals surface area contributed by atoms with Crippen LogP contribution in [0.1, 0.15) is 32.1 Å². The molecule has 3 nitrogen and oxygen atoms in total. The van der Waals surface area contributed by atoms with Gasteiger partial charge in [0.25, 0.3) is 0 Å². The van der Waals surface area contributed by atoms with Gasteiger partial charge in [-0.15, -0.1) is 0 Å². The van der Waals surface area contributed by atoms with Crippen molar-refractivity contribution in [2.45, 2.75) is 38.2 Å². The van der Waals surface area contributed by atoms with Crippen LogP contribution in [0.2, 0.25) is 0 Å². The lowest BCUT2D eigenvalue weighted by Gasteiger charge is -2.28. The van der Waals surface area contributed by atoms with Crippen molar-refractivity contribution in [3.8, 4) is 0 Å². The van der Waals surface area contributed by atoms with E-state index in [0.29, 0.717) is 11.8 Å². The Balaban J connectivity index is 2.15. The van der Waals surface area contributed by atoms with Crippen LogP contribution in [0.25, 0.3) is 0 Å². The highest BCUT2D eigenvalue weighted by Gasteiger charge is 2.22. The summed E-state index contributed by atoms with van der Waals surface area (Å²) in [6, 6.07) is 0. The molecule has 1 unspecified atom stereocenters. The van der Waals surface area contributed by atoms with Crippen LogP contribution in [0.5, 0.6) is 0 Å². The monoisotopic (exact) mass is 214 g/mol. The molecule has 15 heavy (non-hydrogen) atoms. The molecule has 1 fully saturated rings. The SMILES string of the molecule is C=COCC1CCC(CC(O)CO)CC1. The Hall–Kier alpha value is -0.540. The summed E-state index contributed by atoms with van der Waals surface area (Å²) in [6.45, 7) is 4.19. The van der Waals surface area contributed by atoms with E-state index < -0.39 is 6.10 Å². The molecule has 2 N–H and O–H groups in total. The predicted molar refractivity (Wildman–Crippen MR) is 59.3 cm³/mol. The number of aliphatic hydroxyl groups is 2. The molecular formula is C12H22O3. The maximum absolute atomic E-state index is 9.33. The van der Waals surface area contributed by atoms with Crippen molar-refractivity contribution in [1.82, 2.24) is 0 Å². The third-order valence-corrected chi connectivity index (χ3v) is 3.23. The van der Waals surface area contributed by atoms with E-state index >= 15 is 0 Å². The first kappa shape index (κ1) is 12.5. The lowest BCUT2D eigenvalue weighted by atomic mass is 9.80. The molecule has 0 heterocycles. The highest BCUT2D eigenvalue weighted by molar-refractivity contribution is 4.75. The van der Waals surface area contributed by atoms with Crippen LogP contribution in [0.3, 0.4) is 0 Å². The second-order valence-corrected chi connectivity index (χ2v) is 4.46. The van der Waals surface area contributed by atoms with Crippen molar-refractivity contribution in [2.75, 3.05) is 13.2 Å². The predicted octanol–water partition coefficient (Wildman–Crippen LogP) is 1.70. The van der Waals surface area contributed by atoms with Gasteiger partial charge in [0.15, 0.2) is 0 Å². The fourth-order valence-electron chi connectivity index (χ4n) is 2.30. The smallest absolute Gasteiger partial charge is 0.0901 e. The average molecular weight is 214 g/mol. The highest BCUT2D eigenvalue weighted by atomic mass is 16.5. The minimum absolute atomic E-state index is 0.112. The van der Waals surface area contributed by atoms with Crippen LogP contribution in [0, 0.1) is 11.8 Å². The molecule has 1 saturated carbocycles. The van der Waals surface area contributed by atoms with Gasteiger partial charge in [0, 0.05) is 0 Å². The fourth-order valence-corrected chi connectivity index (χ4v) is 2.30. The Morgan fingerprint density at radius 1 is 1.27 bits per heavy atom. The number of rotatable bonds is 6. The van der Waals surface area contributed by atoms with E-state index in [1.807, 2.05) is 0 Å². The van der Waals surface area contributed by atoms with E-state index in [0.717, 1.165) is 38.7 Å². The third kappa shape index (κ3) is 4.67. The summed E-state index contributed by atoms with van der Waals surface area (Å²) in [5.74, 6) is 1.22. The zero-order valence-corrected chi connectivity index (χ0v) is 9.27. The zero-order chi connectivity index (χ0) is 11.1. The number of aliphatic hydroxyl groups excluding tert-OH is 2. The summed E-state index contributed by atoms with van der Waals surface area (Å²) in [4.78, 5) is 0. The van der Waals surface area contributed by atoms with Crippen LogP contribution in [0.15, 0.2) is 12.8 Å². The summed E-state index contributed by atoms with van der Waals surface area (Å²) >= 11 is 0. The lowest BCUT2D eigenvalue weighted by molar-refractivity contribution is 0.0603. The van der Waals surface area contributed by atoms with Gasteiger partial charge in [0.2, 0.25) is 0 Å². The zero-order valence-electron chi connectivity index (χ0n) is 9.27. The summed E-state index contributed by atoms with van der Waals surface area (Å²) in [5, 5.41) is 18.1. The van der Waals surface area contributed by atoms with E-state index in [9.17, 15) is 5.11 Å². The van der Waals surface area contributed by atoms with E-state index in [2.05, 4.69) is 6.58 Å². The van der Waals surface area contributed by atoms with Crippen LogP contribution < -0.4 is 0 Å².